The lowest BCUT2D eigenvalue weighted by Gasteiger charge is -2.23. The number of ether oxygens (including phenoxy) is 1. The summed E-state index contributed by atoms with van der Waals surface area (Å²) in [5, 5.41) is 0. The lowest BCUT2D eigenvalue weighted by molar-refractivity contribution is -0.129. The molecular weight excluding hydrogens is 228 g/mol. The van der Waals surface area contributed by atoms with Crippen molar-refractivity contribution in [2.75, 3.05) is 34.3 Å². The van der Waals surface area contributed by atoms with Crippen LogP contribution in [-0.2, 0) is 11.3 Å². The molecule has 4 nitrogen and oxygen atoms in total. The maximum absolute atomic E-state index is 11.6. The molecule has 0 radical (unpaired) electrons. The number of amides is 1. The lowest BCUT2D eigenvalue weighted by atomic mass is 10.2. The SMILES string of the molecule is COc1cccc(CN(CCN(C)C)C(C)=O)c1. The summed E-state index contributed by atoms with van der Waals surface area (Å²) in [4.78, 5) is 15.5. The number of hydrogen-bond donors (Lipinski definition) is 0. The average molecular weight is 250 g/mol. The van der Waals surface area contributed by atoms with E-state index in [0.29, 0.717) is 6.54 Å². The summed E-state index contributed by atoms with van der Waals surface area (Å²) in [5.41, 5.74) is 1.09. The number of likely N-dealkylation sites (N-methyl/N-ethyl adjacent to an activating group) is 1. The van der Waals surface area contributed by atoms with Gasteiger partial charge in [-0.25, -0.2) is 0 Å². The summed E-state index contributed by atoms with van der Waals surface area (Å²) in [6.45, 7) is 3.83. The molecule has 18 heavy (non-hydrogen) atoms. The van der Waals surface area contributed by atoms with Crippen molar-refractivity contribution in [2.45, 2.75) is 13.5 Å². The first-order valence-corrected chi connectivity index (χ1v) is 6.06. The van der Waals surface area contributed by atoms with Crippen LogP contribution in [0.3, 0.4) is 0 Å². The molecule has 0 aliphatic carbocycles. The van der Waals surface area contributed by atoms with Crippen molar-refractivity contribution >= 4 is 5.91 Å². The lowest BCUT2D eigenvalue weighted by Crippen LogP contribution is -2.34. The van der Waals surface area contributed by atoms with Gasteiger partial charge in [-0.2, -0.15) is 0 Å². The number of methoxy groups -OCH3 is 1. The van der Waals surface area contributed by atoms with Gasteiger partial charge in [0.25, 0.3) is 0 Å². The van der Waals surface area contributed by atoms with E-state index in [9.17, 15) is 4.79 Å². The van der Waals surface area contributed by atoms with Crippen LogP contribution in [0.25, 0.3) is 0 Å². The fourth-order valence-electron chi connectivity index (χ4n) is 1.66. The zero-order chi connectivity index (χ0) is 13.5. The molecule has 0 aliphatic heterocycles. The first-order valence-electron chi connectivity index (χ1n) is 6.06. The van der Waals surface area contributed by atoms with Gasteiger partial charge in [0, 0.05) is 26.6 Å². The van der Waals surface area contributed by atoms with Gasteiger partial charge in [-0.05, 0) is 31.8 Å². The molecule has 0 unspecified atom stereocenters. The Morgan fingerprint density at radius 2 is 2.00 bits per heavy atom. The van der Waals surface area contributed by atoms with Gasteiger partial charge in [0.2, 0.25) is 5.91 Å². The minimum atomic E-state index is 0.0969. The Labute approximate surface area is 109 Å². The largest absolute Gasteiger partial charge is 0.497 e. The standard InChI is InChI=1S/C14H22N2O2/c1-12(17)16(9-8-15(2)3)11-13-6-5-7-14(10-13)18-4/h5-7,10H,8-9,11H2,1-4H3. The summed E-state index contributed by atoms with van der Waals surface area (Å²) in [6.07, 6.45) is 0. The van der Waals surface area contributed by atoms with Gasteiger partial charge in [-0.15, -0.1) is 0 Å². The maximum atomic E-state index is 11.6. The van der Waals surface area contributed by atoms with Gasteiger partial charge < -0.3 is 14.5 Å². The molecule has 0 N–H and O–H groups in total. The van der Waals surface area contributed by atoms with Crippen molar-refractivity contribution in [1.82, 2.24) is 9.80 Å². The van der Waals surface area contributed by atoms with E-state index in [1.807, 2.05) is 43.3 Å². The Morgan fingerprint density at radius 3 is 2.56 bits per heavy atom. The van der Waals surface area contributed by atoms with E-state index >= 15 is 0 Å². The van der Waals surface area contributed by atoms with E-state index in [0.717, 1.165) is 24.4 Å². The van der Waals surface area contributed by atoms with Crippen molar-refractivity contribution < 1.29 is 9.53 Å². The smallest absolute Gasteiger partial charge is 0.219 e. The van der Waals surface area contributed by atoms with Gasteiger partial charge in [-0.3, -0.25) is 4.79 Å². The van der Waals surface area contributed by atoms with Gasteiger partial charge in [0.1, 0.15) is 5.75 Å². The molecule has 0 aromatic heterocycles. The highest BCUT2D eigenvalue weighted by molar-refractivity contribution is 5.73. The predicted molar refractivity (Wildman–Crippen MR) is 72.6 cm³/mol. The zero-order valence-electron chi connectivity index (χ0n) is 11.6. The topological polar surface area (TPSA) is 32.8 Å². The first kappa shape index (κ1) is 14.5. The highest BCUT2D eigenvalue weighted by Crippen LogP contribution is 2.14. The summed E-state index contributed by atoms with van der Waals surface area (Å²) >= 11 is 0. The molecule has 100 valence electrons. The Kier molecular flexibility index (Phi) is 5.65. The van der Waals surface area contributed by atoms with E-state index in [1.54, 1.807) is 14.0 Å². The molecule has 0 saturated heterocycles. The normalized spacial score (nSPS) is 10.5. The molecule has 0 heterocycles. The van der Waals surface area contributed by atoms with Crippen LogP contribution in [0.1, 0.15) is 12.5 Å². The molecular formula is C14H22N2O2. The van der Waals surface area contributed by atoms with Crippen molar-refractivity contribution in [1.29, 1.82) is 0 Å². The number of rotatable bonds is 6. The Morgan fingerprint density at radius 1 is 1.28 bits per heavy atom. The summed E-state index contributed by atoms with van der Waals surface area (Å²) in [7, 11) is 5.65. The van der Waals surface area contributed by atoms with Crippen LogP contribution in [0.4, 0.5) is 0 Å². The second kappa shape index (κ2) is 7.01. The first-order chi connectivity index (χ1) is 8.52. The monoisotopic (exact) mass is 250 g/mol. The van der Waals surface area contributed by atoms with Crippen molar-refractivity contribution in [3.63, 3.8) is 0 Å². The summed E-state index contributed by atoms with van der Waals surface area (Å²) < 4.78 is 5.18. The Hall–Kier alpha value is -1.55. The van der Waals surface area contributed by atoms with Gasteiger partial charge in [0.05, 0.1) is 7.11 Å². The maximum Gasteiger partial charge on any atom is 0.219 e. The molecule has 1 aromatic rings. The molecule has 0 fully saturated rings. The molecule has 1 aromatic carbocycles. The van der Waals surface area contributed by atoms with Gasteiger partial charge in [0.15, 0.2) is 0 Å². The zero-order valence-corrected chi connectivity index (χ0v) is 11.6. The second-order valence-electron chi connectivity index (χ2n) is 4.60. The average Bonchev–Trinajstić information content (AvgIpc) is 2.34. The van der Waals surface area contributed by atoms with Crippen LogP contribution < -0.4 is 4.74 Å². The van der Waals surface area contributed by atoms with Crippen LogP contribution in [0.15, 0.2) is 24.3 Å². The third-order valence-electron chi connectivity index (χ3n) is 2.77. The number of benzene rings is 1. The number of carbonyl (C=O) groups is 1. The molecule has 0 saturated carbocycles. The van der Waals surface area contributed by atoms with Gasteiger partial charge >= 0.3 is 0 Å². The predicted octanol–water partition coefficient (Wildman–Crippen LogP) is 1.61. The summed E-state index contributed by atoms with van der Waals surface area (Å²) in [5.74, 6) is 0.920. The number of carbonyl (C=O) groups excluding carboxylic acids is 1. The highest BCUT2D eigenvalue weighted by atomic mass is 16.5. The highest BCUT2D eigenvalue weighted by Gasteiger charge is 2.10. The van der Waals surface area contributed by atoms with Crippen molar-refractivity contribution in [2.24, 2.45) is 0 Å². The van der Waals surface area contributed by atoms with Gasteiger partial charge in [-0.1, -0.05) is 12.1 Å². The summed E-state index contributed by atoms with van der Waals surface area (Å²) in [6, 6.07) is 7.82. The van der Waals surface area contributed by atoms with Crippen LogP contribution in [0.2, 0.25) is 0 Å². The fourth-order valence-corrected chi connectivity index (χ4v) is 1.66. The molecule has 0 atom stereocenters. The Bertz CT molecular complexity index is 391. The van der Waals surface area contributed by atoms with Crippen molar-refractivity contribution in [3.8, 4) is 5.75 Å². The third-order valence-corrected chi connectivity index (χ3v) is 2.77. The molecule has 1 rings (SSSR count). The van der Waals surface area contributed by atoms with Crippen LogP contribution in [0.5, 0.6) is 5.75 Å². The van der Waals surface area contributed by atoms with Crippen molar-refractivity contribution in [3.05, 3.63) is 29.8 Å². The molecule has 0 aliphatic rings. The number of nitrogens with zero attached hydrogens (tertiary/aromatic N) is 2. The van der Waals surface area contributed by atoms with Crippen LogP contribution >= 0.6 is 0 Å². The van der Waals surface area contributed by atoms with Crippen LogP contribution in [0, 0.1) is 0 Å². The minimum Gasteiger partial charge on any atom is -0.497 e. The van der Waals surface area contributed by atoms with Crippen LogP contribution in [-0.4, -0.2) is 50.0 Å². The second-order valence-corrected chi connectivity index (χ2v) is 4.60. The van der Waals surface area contributed by atoms with E-state index < -0.39 is 0 Å². The van der Waals surface area contributed by atoms with E-state index in [-0.39, 0.29) is 5.91 Å². The van der Waals surface area contributed by atoms with E-state index in [4.69, 9.17) is 4.74 Å². The fraction of sp³-hybridized carbons (Fsp3) is 0.500. The quantitative estimate of drug-likeness (QED) is 0.769. The van der Waals surface area contributed by atoms with E-state index in [1.165, 1.54) is 0 Å². The third kappa shape index (κ3) is 4.75. The molecule has 0 bridgehead atoms. The molecule has 4 heteroatoms. The Balaban J connectivity index is 2.67. The van der Waals surface area contributed by atoms with E-state index in [2.05, 4.69) is 4.90 Å². The molecule has 1 amide bonds. The molecule has 0 spiro atoms. The number of hydrogen-bond acceptors (Lipinski definition) is 3. The minimum absolute atomic E-state index is 0.0969.